The standard InChI is InChI=1S/C11H11F3OS/c1-6-11(15,4-5-16-6)7-2-3-8(12)10(14)9(7)13/h2-3,6,15H,4-5H2,1H3. The van der Waals surface area contributed by atoms with Gasteiger partial charge in [-0.05, 0) is 18.2 Å². The molecule has 1 aromatic rings. The van der Waals surface area contributed by atoms with Gasteiger partial charge >= 0.3 is 0 Å². The quantitative estimate of drug-likeness (QED) is 0.771. The van der Waals surface area contributed by atoms with Crippen molar-refractivity contribution in [2.75, 3.05) is 5.75 Å². The Morgan fingerprint density at radius 3 is 2.56 bits per heavy atom. The molecule has 16 heavy (non-hydrogen) atoms. The fraction of sp³-hybridized carbons (Fsp3) is 0.455. The Kier molecular flexibility index (Phi) is 2.92. The minimum Gasteiger partial charge on any atom is -0.384 e. The molecule has 0 bridgehead atoms. The van der Waals surface area contributed by atoms with Crippen LogP contribution in [0.15, 0.2) is 12.1 Å². The Morgan fingerprint density at radius 1 is 1.31 bits per heavy atom. The Balaban J connectivity index is 2.52. The average Bonchev–Trinajstić information content (AvgIpc) is 2.57. The van der Waals surface area contributed by atoms with Gasteiger partial charge in [0.2, 0.25) is 0 Å². The molecule has 1 aromatic carbocycles. The molecule has 88 valence electrons. The molecule has 1 aliphatic rings. The van der Waals surface area contributed by atoms with Crippen LogP contribution in [0.1, 0.15) is 18.9 Å². The van der Waals surface area contributed by atoms with Crippen LogP contribution in [-0.2, 0) is 5.60 Å². The predicted octanol–water partition coefficient (Wildman–Crippen LogP) is 2.82. The molecule has 1 N–H and O–H groups in total. The monoisotopic (exact) mass is 248 g/mol. The molecule has 0 radical (unpaired) electrons. The molecular formula is C11H11F3OS. The molecule has 1 saturated heterocycles. The van der Waals surface area contributed by atoms with E-state index in [1.165, 1.54) is 11.8 Å². The van der Waals surface area contributed by atoms with E-state index in [9.17, 15) is 18.3 Å². The van der Waals surface area contributed by atoms with Crippen LogP contribution < -0.4 is 0 Å². The molecule has 0 saturated carbocycles. The topological polar surface area (TPSA) is 20.2 Å². The van der Waals surface area contributed by atoms with E-state index in [1.807, 2.05) is 0 Å². The summed E-state index contributed by atoms with van der Waals surface area (Å²) in [6.45, 7) is 1.75. The molecule has 1 fully saturated rings. The zero-order chi connectivity index (χ0) is 11.9. The number of halogens is 3. The van der Waals surface area contributed by atoms with Crippen LogP contribution in [0.5, 0.6) is 0 Å². The number of benzene rings is 1. The maximum Gasteiger partial charge on any atom is 0.194 e. The van der Waals surface area contributed by atoms with Crippen molar-refractivity contribution in [2.45, 2.75) is 24.2 Å². The van der Waals surface area contributed by atoms with Crippen molar-refractivity contribution in [3.63, 3.8) is 0 Å². The van der Waals surface area contributed by atoms with E-state index in [2.05, 4.69) is 0 Å². The van der Waals surface area contributed by atoms with Gasteiger partial charge in [-0.2, -0.15) is 11.8 Å². The van der Waals surface area contributed by atoms with E-state index < -0.39 is 23.1 Å². The van der Waals surface area contributed by atoms with E-state index in [1.54, 1.807) is 6.92 Å². The van der Waals surface area contributed by atoms with E-state index >= 15 is 0 Å². The second kappa shape index (κ2) is 3.96. The highest BCUT2D eigenvalue weighted by atomic mass is 32.2. The van der Waals surface area contributed by atoms with Crippen molar-refractivity contribution in [2.24, 2.45) is 0 Å². The summed E-state index contributed by atoms with van der Waals surface area (Å²) in [7, 11) is 0. The van der Waals surface area contributed by atoms with Crippen LogP contribution >= 0.6 is 11.8 Å². The van der Waals surface area contributed by atoms with Crippen molar-refractivity contribution < 1.29 is 18.3 Å². The summed E-state index contributed by atoms with van der Waals surface area (Å²) in [5, 5.41) is 10.0. The minimum atomic E-state index is -1.52. The fourth-order valence-corrected chi connectivity index (χ4v) is 3.25. The normalized spacial score (nSPS) is 29.7. The van der Waals surface area contributed by atoms with Crippen LogP contribution in [-0.4, -0.2) is 16.1 Å². The van der Waals surface area contributed by atoms with Gasteiger partial charge in [-0.25, -0.2) is 13.2 Å². The summed E-state index contributed by atoms with van der Waals surface area (Å²) in [6.07, 6.45) is 0.348. The molecule has 2 rings (SSSR count). The van der Waals surface area contributed by atoms with Gasteiger partial charge in [0, 0.05) is 10.8 Å². The zero-order valence-corrected chi connectivity index (χ0v) is 9.45. The highest BCUT2D eigenvalue weighted by Gasteiger charge is 2.43. The highest BCUT2D eigenvalue weighted by molar-refractivity contribution is 8.00. The molecule has 0 aromatic heterocycles. The summed E-state index contributed by atoms with van der Waals surface area (Å²) in [5.74, 6) is -3.36. The maximum absolute atomic E-state index is 13.5. The Labute approximate surface area is 95.7 Å². The van der Waals surface area contributed by atoms with E-state index in [4.69, 9.17) is 0 Å². The lowest BCUT2D eigenvalue weighted by Crippen LogP contribution is -2.33. The Morgan fingerprint density at radius 2 is 2.00 bits per heavy atom. The first-order chi connectivity index (χ1) is 7.47. The lowest BCUT2D eigenvalue weighted by atomic mass is 9.88. The molecule has 2 atom stereocenters. The fourth-order valence-electron chi connectivity index (χ4n) is 1.95. The van der Waals surface area contributed by atoms with Gasteiger partial charge in [0.1, 0.15) is 5.60 Å². The molecule has 5 heteroatoms. The lowest BCUT2D eigenvalue weighted by molar-refractivity contribution is 0.0381. The van der Waals surface area contributed by atoms with Crippen LogP contribution in [0.25, 0.3) is 0 Å². The smallest absolute Gasteiger partial charge is 0.194 e. The van der Waals surface area contributed by atoms with Crippen LogP contribution in [0.2, 0.25) is 0 Å². The maximum atomic E-state index is 13.5. The third-order valence-electron chi connectivity index (χ3n) is 3.03. The SMILES string of the molecule is CC1SCCC1(O)c1ccc(F)c(F)c1F. The zero-order valence-electron chi connectivity index (χ0n) is 8.64. The summed E-state index contributed by atoms with van der Waals surface area (Å²) in [4.78, 5) is 0. The number of thioether (sulfide) groups is 1. The number of hydrogen-bond donors (Lipinski definition) is 1. The van der Waals surface area contributed by atoms with E-state index in [0.29, 0.717) is 12.2 Å². The number of rotatable bonds is 1. The summed E-state index contributed by atoms with van der Waals surface area (Å²) in [5.41, 5.74) is -1.55. The Hall–Kier alpha value is -0.680. The molecule has 2 unspecified atom stereocenters. The third kappa shape index (κ3) is 1.62. The van der Waals surface area contributed by atoms with Gasteiger partial charge in [-0.15, -0.1) is 0 Å². The van der Waals surface area contributed by atoms with E-state index in [0.717, 1.165) is 12.1 Å². The molecule has 1 nitrogen and oxygen atoms in total. The van der Waals surface area contributed by atoms with Crippen LogP contribution in [0, 0.1) is 17.5 Å². The van der Waals surface area contributed by atoms with Gasteiger partial charge in [0.15, 0.2) is 17.5 Å². The van der Waals surface area contributed by atoms with Gasteiger partial charge in [0.05, 0.1) is 0 Å². The first-order valence-electron chi connectivity index (χ1n) is 4.95. The number of hydrogen-bond acceptors (Lipinski definition) is 2. The molecular weight excluding hydrogens is 237 g/mol. The van der Waals surface area contributed by atoms with E-state index in [-0.39, 0.29) is 10.8 Å². The van der Waals surface area contributed by atoms with Crippen molar-refractivity contribution >= 4 is 11.8 Å². The van der Waals surface area contributed by atoms with Gasteiger partial charge in [-0.1, -0.05) is 13.0 Å². The second-order valence-electron chi connectivity index (χ2n) is 3.91. The summed E-state index contributed by atoms with van der Waals surface area (Å²) < 4.78 is 39.4. The van der Waals surface area contributed by atoms with Crippen molar-refractivity contribution in [1.29, 1.82) is 0 Å². The highest BCUT2D eigenvalue weighted by Crippen LogP contribution is 2.44. The summed E-state index contributed by atoms with van der Waals surface area (Å²) >= 11 is 1.48. The van der Waals surface area contributed by atoms with Gasteiger partial charge in [0.25, 0.3) is 0 Å². The average molecular weight is 248 g/mol. The predicted molar refractivity (Wildman–Crippen MR) is 56.7 cm³/mol. The largest absolute Gasteiger partial charge is 0.384 e. The first-order valence-corrected chi connectivity index (χ1v) is 5.99. The Bertz CT molecular complexity index is 424. The molecule has 0 spiro atoms. The van der Waals surface area contributed by atoms with Crippen LogP contribution in [0.3, 0.4) is 0 Å². The van der Waals surface area contributed by atoms with Crippen molar-refractivity contribution in [3.05, 3.63) is 35.1 Å². The molecule has 1 heterocycles. The minimum absolute atomic E-state index is 0.149. The first kappa shape index (κ1) is 11.8. The number of aliphatic hydroxyl groups is 1. The second-order valence-corrected chi connectivity index (χ2v) is 5.36. The van der Waals surface area contributed by atoms with Crippen LogP contribution in [0.4, 0.5) is 13.2 Å². The third-order valence-corrected chi connectivity index (χ3v) is 4.35. The van der Waals surface area contributed by atoms with Crippen molar-refractivity contribution in [1.82, 2.24) is 0 Å². The lowest BCUT2D eigenvalue weighted by Gasteiger charge is -2.27. The summed E-state index contributed by atoms with van der Waals surface area (Å²) in [6, 6.07) is 1.97. The molecule has 0 aliphatic carbocycles. The molecule has 1 aliphatic heterocycles. The van der Waals surface area contributed by atoms with Crippen molar-refractivity contribution in [3.8, 4) is 0 Å². The van der Waals surface area contributed by atoms with Gasteiger partial charge < -0.3 is 5.11 Å². The van der Waals surface area contributed by atoms with Gasteiger partial charge in [-0.3, -0.25) is 0 Å². The molecule has 0 amide bonds.